The molecule has 0 unspecified atom stereocenters. The van der Waals surface area contributed by atoms with Crippen LogP contribution in [0.5, 0.6) is 0 Å². The predicted octanol–water partition coefficient (Wildman–Crippen LogP) is 3.97. The van der Waals surface area contributed by atoms with Crippen molar-refractivity contribution in [2.45, 2.75) is 6.92 Å². The summed E-state index contributed by atoms with van der Waals surface area (Å²) in [7, 11) is 0. The second-order valence-electron chi connectivity index (χ2n) is 4.38. The highest BCUT2D eigenvalue weighted by atomic mass is 79.9. The van der Waals surface area contributed by atoms with Crippen LogP contribution < -0.4 is 10.5 Å². The zero-order chi connectivity index (χ0) is 14.8. The van der Waals surface area contributed by atoms with Crippen LogP contribution in [-0.4, -0.2) is 16.5 Å². The van der Waals surface area contributed by atoms with E-state index >= 15 is 0 Å². The third-order valence-electron chi connectivity index (χ3n) is 3.07. The third kappa shape index (κ3) is 2.82. The Morgan fingerprint density at radius 3 is 2.71 bits per heavy atom. The predicted molar refractivity (Wildman–Crippen MR) is 90.5 cm³/mol. The summed E-state index contributed by atoms with van der Waals surface area (Å²) in [6.45, 7) is 2.76. The lowest BCUT2D eigenvalue weighted by Gasteiger charge is -2.21. The standard InChI is InChI=1S/C15H12BrN3OS/c1-2-19(11-7-5-10(16)6-8-11)15-18-13(20)12-4-3-9-17-14(12)21-15/h3-9H,2H2,1H3. The molecule has 0 N–H and O–H groups in total. The number of nitrogens with zero attached hydrogens (tertiary/aromatic N) is 3. The Labute approximate surface area is 134 Å². The molecule has 0 atom stereocenters. The van der Waals surface area contributed by atoms with Crippen molar-refractivity contribution >= 4 is 48.3 Å². The van der Waals surface area contributed by atoms with E-state index in [4.69, 9.17) is 0 Å². The van der Waals surface area contributed by atoms with Crippen molar-refractivity contribution in [1.82, 2.24) is 9.97 Å². The van der Waals surface area contributed by atoms with Gasteiger partial charge in [-0.15, -0.1) is 0 Å². The largest absolute Gasteiger partial charge is 0.318 e. The monoisotopic (exact) mass is 361 g/mol. The molecule has 0 radical (unpaired) electrons. The molecule has 2 aromatic heterocycles. The second kappa shape index (κ2) is 5.91. The van der Waals surface area contributed by atoms with Gasteiger partial charge < -0.3 is 4.90 Å². The van der Waals surface area contributed by atoms with E-state index in [9.17, 15) is 4.79 Å². The maximum atomic E-state index is 12.1. The van der Waals surface area contributed by atoms with Gasteiger partial charge in [0.25, 0.3) is 5.56 Å². The summed E-state index contributed by atoms with van der Waals surface area (Å²) in [5, 5.41) is 1.23. The van der Waals surface area contributed by atoms with Crippen molar-refractivity contribution in [3.63, 3.8) is 0 Å². The van der Waals surface area contributed by atoms with Gasteiger partial charge in [0.2, 0.25) is 0 Å². The Hall–Kier alpha value is -1.79. The zero-order valence-corrected chi connectivity index (χ0v) is 13.7. The normalized spacial score (nSPS) is 10.8. The first-order valence-corrected chi connectivity index (χ1v) is 8.09. The van der Waals surface area contributed by atoms with E-state index in [2.05, 4.69) is 25.9 Å². The van der Waals surface area contributed by atoms with Crippen molar-refractivity contribution in [3.05, 3.63) is 57.4 Å². The van der Waals surface area contributed by atoms with Crippen molar-refractivity contribution in [2.75, 3.05) is 11.4 Å². The third-order valence-corrected chi connectivity index (χ3v) is 4.61. The Morgan fingerprint density at radius 2 is 2.00 bits per heavy atom. The molecule has 0 aliphatic rings. The molecule has 0 saturated carbocycles. The SMILES string of the molecule is CCN(c1ccc(Br)cc1)c1nc(=O)c2cccnc2s1. The van der Waals surface area contributed by atoms with E-state index in [1.54, 1.807) is 18.3 Å². The van der Waals surface area contributed by atoms with Crippen LogP contribution >= 0.6 is 27.3 Å². The van der Waals surface area contributed by atoms with Crippen LogP contribution in [0.3, 0.4) is 0 Å². The highest BCUT2D eigenvalue weighted by Crippen LogP contribution is 2.29. The first-order chi connectivity index (χ1) is 10.2. The molecule has 3 rings (SSSR count). The average Bonchev–Trinajstić information content (AvgIpc) is 2.50. The summed E-state index contributed by atoms with van der Waals surface area (Å²) < 4.78 is 1.02. The number of anilines is 2. The molecule has 1 aromatic carbocycles. The first-order valence-electron chi connectivity index (χ1n) is 6.48. The van der Waals surface area contributed by atoms with Crippen molar-refractivity contribution in [2.24, 2.45) is 0 Å². The quantitative estimate of drug-likeness (QED) is 0.707. The summed E-state index contributed by atoms with van der Waals surface area (Å²) in [5.41, 5.74) is 0.765. The Bertz CT molecular complexity index is 832. The smallest absolute Gasteiger partial charge is 0.282 e. The topological polar surface area (TPSA) is 46.1 Å². The zero-order valence-electron chi connectivity index (χ0n) is 11.3. The van der Waals surface area contributed by atoms with Gasteiger partial charge in [-0.2, -0.15) is 4.98 Å². The summed E-state index contributed by atoms with van der Waals surface area (Å²) in [6, 6.07) is 11.4. The van der Waals surface area contributed by atoms with Gasteiger partial charge in [0.1, 0.15) is 4.83 Å². The van der Waals surface area contributed by atoms with Crippen LogP contribution in [0.15, 0.2) is 51.9 Å². The van der Waals surface area contributed by atoms with Crippen LogP contribution in [0.4, 0.5) is 10.8 Å². The van der Waals surface area contributed by atoms with Gasteiger partial charge in [-0.1, -0.05) is 27.3 Å². The van der Waals surface area contributed by atoms with Crippen LogP contribution in [0, 0.1) is 0 Å². The number of hydrogen-bond acceptors (Lipinski definition) is 5. The maximum absolute atomic E-state index is 12.1. The molecule has 4 nitrogen and oxygen atoms in total. The highest BCUT2D eigenvalue weighted by Gasteiger charge is 2.13. The molecule has 21 heavy (non-hydrogen) atoms. The lowest BCUT2D eigenvalue weighted by Crippen LogP contribution is -2.19. The fraction of sp³-hybridized carbons (Fsp3) is 0.133. The number of pyridine rings is 1. The van der Waals surface area contributed by atoms with E-state index in [0.29, 0.717) is 15.3 Å². The van der Waals surface area contributed by atoms with Gasteiger partial charge >= 0.3 is 0 Å². The molecule has 3 aromatic rings. The summed E-state index contributed by atoms with van der Waals surface area (Å²) in [5.74, 6) is 0. The fourth-order valence-corrected chi connectivity index (χ4v) is 3.35. The van der Waals surface area contributed by atoms with Crippen molar-refractivity contribution in [3.8, 4) is 0 Å². The van der Waals surface area contributed by atoms with Crippen LogP contribution in [-0.2, 0) is 0 Å². The summed E-state index contributed by atoms with van der Waals surface area (Å²) >= 11 is 4.85. The van der Waals surface area contributed by atoms with Crippen molar-refractivity contribution < 1.29 is 0 Å². The number of fused-ring (bicyclic) bond motifs is 1. The van der Waals surface area contributed by atoms with E-state index < -0.39 is 0 Å². The summed E-state index contributed by atoms with van der Waals surface area (Å²) in [6.07, 6.45) is 1.69. The number of aromatic nitrogens is 2. The lowest BCUT2D eigenvalue weighted by molar-refractivity contribution is 1.00. The highest BCUT2D eigenvalue weighted by molar-refractivity contribution is 9.10. The van der Waals surface area contributed by atoms with Crippen molar-refractivity contribution in [1.29, 1.82) is 0 Å². The molecule has 0 saturated heterocycles. The Kier molecular flexibility index (Phi) is 3.98. The molecular formula is C15H12BrN3OS. The van der Waals surface area contributed by atoms with Gasteiger partial charge in [-0.05, 0) is 43.3 Å². The molecular weight excluding hydrogens is 350 g/mol. The second-order valence-corrected chi connectivity index (χ2v) is 6.25. The van der Waals surface area contributed by atoms with Gasteiger partial charge in [0.05, 0.1) is 5.39 Å². The lowest BCUT2D eigenvalue weighted by atomic mass is 10.3. The number of hydrogen-bond donors (Lipinski definition) is 0. The van der Waals surface area contributed by atoms with E-state index in [0.717, 1.165) is 16.7 Å². The Balaban J connectivity index is 2.13. The van der Waals surface area contributed by atoms with Crippen LogP contribution in [0.25, 0.3) is 10.2 Å². The molecule has 0 aliphatic carbocycles. The molecule has 0 bridgehead atoms. The molecule has 2 heterocycles. The van der Waals surface area contributed by atoms with Gasteiger partial charge in [-0.25, -0.2) is 4.98 Å². The van der Waals surface area contributed by atoms with Gasteiger partial charge in [0, 0.05) is 22.9 Å². The molecule has 106 valence electrons. The van der Waals surface area contributed by atoms with E-state index in [1.807, 2.05) is 36.1 Å². The summed E-state index contributed by atoms with van der Waals surface area (Å²) in [4.78, 5) is 23.3. The van der Waals surface area contributed by atoms with E-state index in [1.165, 1.54) is 11.3 Å². The number of benzene rings is 1. The Morgan fingerprint density at radius 1 is 1.24 bits per heavy atom. The molecule has 0 amide bonds. The maximum Gasteiger partial charge on any atom is 0.282 e. The molecule has 6 heteroatoms. The van der Waals surface area contributed by atoms with Gasteiger partial charge in [0.15, 0.2) is 5.13 Å². The first kappa shape index (κ1) is 14.2. The van der Waals surface area contributed by atoms with Crippen LogP contribution in [0.1, 0.15) is 6.92 Å². The minimum Gasteiger partial charge on any atom is -0.318 e. The van der Waals surface area contributed by atoms with Crippen LogP contribution in [0.2, 0.25) is 0 Å². The average molecular weight is 362 g/mol. The molecule has 0 spiro atoms. The molecule has 0 fully saturated rings. The van der Waals surface area contributed by atoms with Gasteiger partial charge in [-0.3, -0.25) is 4.79 Å². The number of halogens is 1. The minimum atomic E-state index is -0.234. The number of rotatable bonds is 3. The van der Waals surface area contributed by atoms with E-state index in [-0.39, 0.29) is 5.56 Å². The fourth-order valence-electron chi connectivity index (χ4n) is 2.06. The minimum absolute atomic E-state index is 0.234. The molecule has 0 aliphatic heterocycles.